The molecule has 0 aliphatic heterocycles. The molecule has 0 aliphatic carbocycles. The summed E-state index contributed by atoms with van der Waals surface area (Å²) in [5.74, 6) is 0. The lowest BCUT2D eigenvalue weighted by molar-refractivity contribution is 0.671. The van der Waals surface area contributed by atoms with Crippen LogP contribution in [0.25, 0.3) is 92.2 Å². The van der Waals surface area contributed by atoms with Crippen molar-refractivity contribution in [3.05, 3.63) is 164 Å². The van der Waals surface area contributed by atoms with Gasteiger partial charge in [-0.15, -0.1) is 11.3 Å². The molecule has 0 radical (unpaired) electrons. The van der Waals surface area contributed by atoms with Crippen LogP contribution < -0.4 is 0 Å². The zero-order chi connectivity index (χ0) is 30.9. The predicted octanol–water partition coefficient (Wildman–Crippen LogP) is 12.9. The van der Waals surface area contributed by atoms with Crippen molar-refractivity contribution in [2.24, 2.45) is 0 Å². The molecule has 3 aromatic heterocycles. The first-order valence-corrected chi connectivity index (χ1v) is 16.7. The SMILES string of the molecule is c1ccc(-c2cccc3c2oc2c(-c4cccc(-c5ccc6sc7c8ccccc8n(-c8ccccc8)c7c6c5)c4)cccc23)cc1. The van der Waals surface area contributed by atoms with Gasteiger partial charge in [-0.2, -0.15) is 0 Å². The number of hydrogen-bond acceptors (Lipinski definition) is 2. The molecule has 47 heavy (non-hydrogen) atoms. The minimum absolute atomic E-state index is 0.922. The average Bonchev–Trinajstić information content (AvgIpc) is 3.81. The summed E-state index contributed by atoms with van der Waals surface area (Å²) in [6, 6.07) is 58.7. The maximum Gasteiger partial charge on any atom is 0.143 e. The Morgan fingerprint density at radius 3 is 1.81 bits per heavy atom. The number of fused-ring (bicyclic) bond motifs is 8. The van der Waals surface area contributed by atoms with Gasteiger partial charge in [0.15, 0.2) is 0 Å². The topological polar surface area (TPSA) is 18.1 Å². The third-order valence-electron chi connectivity index (χ3n) is 9.41. The molecule has 10 aromatic rings. The van der Waals surface area contributed by atoms with Gasteiger partial charge < -0.3 is 8.98 Å². The molecule has 2 nitrogen and oxygen atoms in total. The number of para-hydroxylation sites is 4. The molecule has 0 fully saturated rings. The predicted molar refractivity (Wildman–Crippen MR) is 200 cm³/mol. The molecule has 220 valence electrons. The molecule has 0 N–H and O–H groups in total. The summed E-state index contributed by atoms with van der Waals surface area (Å²) >= 11 is 1.88. The van der Waals surface area contributed by atoms with Gasteiger partial charge in [0.2, 0.25) is 0 Å². The van der Waals surface area contributed by atoms with Gasteiger partial charge in [0.1, 0.15) is 11.2 Å². The van der Waals surface area contributed by atoms with Crippen LogP contribution in [0.3, 0.4) is 0 Å². The Morgan fingerprint density at radius 2 is 1.02 bits per heavy atom. The number of thiophene rings is 1. The Kier molecular flexibility index (Phi) is 5.78. The van der Waals surface area contributed by atoms with E-state index < -0.39 is 0 Å². The van der Waals surface area contributed by atoms with Gasteiger partial charge in [-0.25, -0.2) is 0 Å². The Balaban J connectivity index is 1.15. The van der Waals surface area contributed by atoms with Gasteiger partial charge >= 0.3 is 0 Å². The van der Waals surface area contributed by atoms with Crippen molar-refractivity contribution in [3.63, 3.8) is 0 Å². The molecule has 10 rings (SSSR count). The second-order valence-electron chi connectivity index (χ2n) is 12.1. The summed E-state index contributed by atoms with van der Waals surface area (Å²) in [5.41, 5.74) is 12.4. The van der Waals surface area contributed by atoms with Crippen molar-refractivity contribution in [2.75, 3.05) is 0 Å². The summed E-state index contributed by atoms with van der Waals surface area (Å²) in [4.78, 5) is 0. The fraction of sp³-hybridized carbons (Fsp3) is 0. The van der Waals surface area contributed by atoms with Crippen molar-refractivity contribution in [3.8, 4) is 39.1 Å². The largest absolute Gasteiger partial charge is 0.455 e. The quantitative estimate of drug-likeness (QED) is 0.192. The minimum Gasteiger partial charge on any atom is -0.455 e. The fourth-order valence-electron chi connectivity index (χ4n) is 7.25. The Hall–Kier alpha value is -5.90. The first-order valence-electron chi connectivity index (χ1n) is 15.9. The van der Waals surface area contributed by atoms with Crippen molar-refractivity contribution >= 4 is 64.5 Å². The van der Waals surface area contributed by atoms with E-state index in [2.05, 4.69) is 168 Å². The van der Waals surface area contributed by atoms with E-state index in [1.54, 1.807) is 0 Å². The summed E-state index contributed by atoms with van der Waals surface area (Å²) in [6.07, 6.45) is 0. The van der Waals surface area contributed by atoms with Crippen molar-refractivity contribution in [1.29, 1.82) is 0 Å². The van der Waals surface area contributed by atoms with Gasteiger partial charge in [-0.1, -0.05) is 127 Å². The minimum atomic E-state index is 0.922. The zero-order valence-corrected chi connectivity index (χ0v) is 26.2. The summed E-state index contributed by atoms with van der Waals surface area (Å²) < 4.78 is 11.8. The standard InChI is InChI=1S/C44H27NOS/c1-3-12-28(13-4-1)33-19-10-21-35-36-22-11-20-34(43(36)46-42(33)35)31-15-9-14-29(26-31)30-24-25-40-38(27-30)41-44(47-40)37-18-7-8-23-39(37)45(41)32-16-5-2-6-17-32/h1-27H. The molecule has 0 atom stereocenters. The number of aromatic nitrogens is 1. The highest BCUT2D eigenvalue weighted by molar-refractivity contribution is 7.26. The Morgan fingerprint density at radius 1 is 0.426 bits per heavy atom. The van der Waals surface area contributed by atoms with E-state index in [0.717, 1.165) is 44.2 Å². The second kappa shape index (κ2) is 10.3. The molecular formula is C44H27NOS. The van der Waals surface area contributed by atoms with Crippen LogP contribution in [-0.2, 0) is 0 Å². The molecule has 7 aromatic carbocycles. The lowest BCUT2D eigenvalue weighted by Crippen LogP contribution is -1.92. The van der Waals surface area contributed by atoms with Crippen LogP contribution in [0.4, 0.5) is 0 Å². The van der Waals surface area contributed by atoms with Crippen LogP contribution in [0.5, 0.6) is 0 Å². The lowest BCUT2D eigenvalue weighted by atomic mass is 9.97. The van der Waals surface area contributed by atoms with E-state index >= 15 is 0 Å². The van der Waals surface area contributed by atoms with Crippen LogP contribution in [0.15, 0.2) is 168 Å². The average molecular weight is 618 g/mol. The highest BCUT2D eigenvalue weighted by Crippen LogP contribution is 2.44. The lowest BCUT2D eigenvalue weighted by Gasteiger charge is -2.09. The molecule has 0 saturated heterocycles. The highest BCUT2D eigenvalue weighted by atomic mass is 32.1. The molecule has 0 saturated carbocycles. The van der Waals surface area contributed by atoms with Crippen LogP contribution in [-0.4, -0.2) is 4.57 Å². The first kappa shape index (κ1) is 26.3. The highest BCUT2D eigenvalue weighted by Gasteiger charge is 2.19. The van der Waals surface area contributed by atoms with Crippen molar-refractivity contribution < 1.29 is 4.42 Å². The van der Waals surface area contributed by atoms with Gasteiger partial charge in [0.05, 0.1) is 15.7 Å². The monoisotopic (exact) mass is 617 g/mol. The molecule has 0 bridgehead atoms. The first-order chi connectivity index (χ1) is 23.3. The van der Waals surface area contributed by atoms with Gasteiger partial charge in [0, 0.05) is 43.1 Å². The Labute approximate surface area is 275 Å². The number of furan rings is 1. The van der Waals surface area contributed by atoms with Crippen LogP contribution in [0.1, 0.15) is 0 Å². The van der Waals surface area contributed by atoms with Crippen LogP contribution in [0, 0.1) is 0 Å². The summed E-state index contributed by atoms with van der Waals surface area (Å²) in [7, 11) is 0. The molecule has 0 unspecified atom stereocenters. The fourth-order valence-corrected chi connectivity index (χ4v) is 8.46. The van der Waals surface area contributed by atoms with E-state index in [-0.39, 0.29) is 0 Å². The molecule has 3 heterocycles. The third-order valence-corrected chi connectivity index (χ3v) is 10.6. The van der Waals surface area contributed by atoms with Gasteiger partial charge in [-0.3, -0.25) is 0 Å². The molecule has 3 heteroatoms. The zero-order valence-electron chi connectivity index (χ0n) is 25.4. The third kappa shape index (κ3) is 4.04. The van der Waals surface area contributed by atoms with Crippen molar-refractivity contribution in [1.82, 2.24) is 4.57 Å². The van der Waals surface area contributed by atoms with E-state index in [4.69, 9.17) is 4.42 Å². The van der Waals surface area contributed by atoms with E-state index in [9.17, 15) is 0 Å². The molecule has 0 spiro atoms. The van der Waals surface area contributed by atoms with Crippen LogP contribution in [0.2, 0.25) is 0 Å². The number of rotatable bonds is 4. The number of hydrogen-bond donors (Lipinski definition) is 0. The number of nitrogens with zero attached hydrogens (tertiary/aromatic N) is 1. The van der Waals surface area contributed by atoms with Gasteiger partial charge in [-0.05, 0) is 58.7 Å². The summed E-state index contributed by atoms with van der Waals surface area (Å²) in [5, 5.41) is 4.85. The number of benzene rings is 7. The Bertz CT molecular complexity index is 2780. The van der Waals surface area contributed by atoms with Crippen molar-refractivity contribution in [2.45, 2.75) is 0 Å². The smallest absolute Gasteiger partial charge is 0.143 e. The molecule has 0 aliphatic rings. The van der Waals surface area contributed by atoms with E-state index in [1.807, 2.05) is 11.3 Å². The molecule has 0 amide bonds. The maximum absolute atomic E-state index is 6.75. The summed E-state index contributed by atoms with van der Waals surface area (Å²) in [6.45, 7) is 0. The van der Waals surface area contributed by atoms with E-state index in [1.165, 1.54) is 48.0 Å². The van der Waals surface area contributed by atoms with E-state index in [0.29, 0.717) is 0 Å². The second-order valence-corrected chi connectivity index (χ2v) is 13.1. The molecular weight excluding hydrogens is 591 g/mol. The maximum atomic E-state index is 6.75. The normalized spacial score (nSPS) is 11.8. The van der Waals surface area contributed by atoms with Crippen LogP contribution >= 0.6 is 11.3 Å². The van der Waals surface area contributed by atoms with Gasteiger partial charge in [0.25, 0.3) is 0 Å².